The molecule has 0 bridgehead atoms. The third kappa shape index (κ3) is 2.15. The van der Waals surface area contributed by atoms with Gasteiger partial charge in [0.15, 0.2) is 6.29 Å². The van der Waals surface area contributed by atoms with Crippen molar-refractivity contribution in [3.8, 4) is 0 Å². The predicted molar refractivity (Wildman–Crippen MR) is 62.9 cm³/mol. The maximum Gasteiger partial charge on any atom is 0.243 e. The Bertz CT molecular complexity index is 531. The number of carbonyl (C=O) groups excluding carboxylic acids is 2. The van der Waals surface area contributed by atoms with Crippen LogP contribution < -0.4 is 0 Å². The Kier molecular flexibility index (Phi) is 3.14. The fourth-order valence-electron chi connectivity index (χ4n) is 1.75. The molecule has 0 amide bonds. The summed E-state index contributed by atoms with van der Waals surface area (Å²) in [7, 11) is 0. The zero-order valence-corrected chi connectivity index (χ0v) is 9.41. The van der Waals surface area contributed by atoms with Gasteiger partial charge in [0, 0.05) is 6.20 Å². The number of hydrogen-bond acceptors (Lipinski definition) is 3. The highest BCUT2D eigenvalue weighted by atomic mass is 16.2. The van der Waals surface area contributed by atoms with Gasteiger partial charge in [-0.15, -0.1) is 0 Å². The van der Waals surface area contributed by atoms with E-state index in [1.165, 1.54) is 6.20 Å². The molecule has 17 heavy (non-hydrogen) atoms. The van der Waals surface area contributed by atoms with Gasteiger partial charge in [-0.2, -0.15) is 5.10 Å². The Morgan fingerprint density at radius 3 is 2.65 bits per heavy atom. The molecule has 1 atom stereocenters. The SMILES string of the molecule is C[C@H](c1ccccc1)n1nccc1C(=O)C=O. The summed E-state index contributed by atoms with van der Waals surface area (Å²) < 4.78 is 1.56. The van der Waals surface area contributed by atoms with Gasteiger partial charge in [0.1, 0.15) is 5.69 Å². The Labute approximate surface area is 98.9 Å². The number of aromatic nitrogens is 2. The summed E-state index contributed by atoms with van der Waals surface area (Å²) in [6.45, 7) is 1.93. The van der Waals surface area contributed by atoms with Crippen molar-refractivity contribution in [2.75, 3.05) is 0 Å². The van der Waals surface area contributed by atoms with Gasteiger partial charge in [-0.25, -0.2) is 0 Å². The second kappa shape index (κ2) is 4.74. The van der Waals surface area contributed by atoms with Gasteiger partial charge in [-0.3, -0.25) is 14.3 Å². The highest BCUT2D eigenvalue weighted by Gasteiger charge is 2.16. The summed E-state index contributed by atoms with van der Waals surface area (Å²) >= 11 is 0. The van der Waals surface area contributed by atoms with Crippen LogP contribution in [0.1, 0.15) is 29.0 Å². The second-order valence-electron chi connectivity index (χ2n) is 3.73. The van der Waals surface area contributed by atoms with E-state index in [9.17, 15) is 9.59 Å². The van der Waals surface area contributed by atoms with E-state index < -0.39 is 5.78 Å². The van der Waals surface area contributed by atoms with Crippen LogP contribution in [0.5, 0.6) is 0 Å². The number of rotatable bonds is 4. The van der Waals surface area contributed by atoms with Crippen molar-refractivity contribution in [3.05, 3.63) is 53.9 Å². The lowest BCUT2D eigenvalue weighted by molar-refractivity contribution is -0.104. The Balaban J connectivity index is 2.38. The van der Waals surface area contributed by atoms with Crippen molar-refractivity contribution in [1.82, 2.24) is 9.78 Å². The molecule has 0 aliphatic rings. The zero-order valence-electron chi connectivity index (χ0n) is 9.41. The molecule has 2 rings (SSSR count). The minimum Gasteiger partial charge on any atom is -0.294 e. The van der Waals surface area contributed by atoms with Crippen LogP contribution >= 0.6 is 0 Å². The first-order valence-corrected chi connectivity index (χ1v) is 5.32. The molecule has 0 spiro atoms. The normalized spacial score (nSPS) is 12.1. The highest BCUT2D eigenvalue weighted by Crippen LogP contribution is 2.18. The molecule has 0 radical (unpaired) electrons. The van der Waals surface area contributed by atoms with Gasteiger partial charge in [0.05, 0.1) is 6.04 Å². The quantitative estimate of drug-likeness (QED) is 0.456. The van der Waals surface area contributed by atoms with Crippen LogP contribution in [-0.4, -0.2) is 21.8 Å². The molecule has 0 unspecified atom stereocenters. The fraction of sp³-hybridized carbons (Fsp3) is 0.154. The first-order valence-electron chi connectivity index (χ1n) is 5.32. The lowest BCUT2D eigenvalue weighted by Gasteiger charge is -2.14. The van der Waals surface area contributed by atoms with Crippen LogP contribution in [0.2, 0.25) is 0 Å². The van der Waals surface area contributed by atoms with Crippen LogP contribution in [0.15, 0.2) is 42.6 Å². The minimum absolute atomic E-state index is 0.0786. The molecule has 0 aliphatic heterocycles. The van der Waals surface area contributed by atoms with E-state index in [2.05, 4.69) is 5.10 Å². The number of aldehydes is 1. The average Bonchev–Trinajstić information content (AvgIpc) is 2.87. The summed E-state index contributed by atoms with van der Waals surface area (Å²) in [5.41, 5.74) is 1.35. The largest absolute Gasteiger partial charge is 0.294 e. The van der Waals surface area contributed by atoms with Crippen molar-refractivity contribution in [2.45, 2.75) is 13.0 Å². The lowest BCUT2D eigenvalue weighted by Crippen LogP contribution is -2.16. The van der Waals surface area contributed by atoms with Gasteiger partial charge < -0.3 is 0 Å². The Morgan fingerprint density at radius 2 is 2.00 bits per heavy atom. The molecule has 0 saturated carbocycles. The van der Waals surface area contributed by atoms with Crippen LogP contribution in [0.25, 0.3) is 0 Å². The Morgan fingerprint density at radius 1 is 1.29 bits per heavy atom. The monoisotopic (exact) mass is 228 g/mol. The highest BCUT2D eigenvalue weighted by molar-refractivity contribution is 6.32. The van der Waals surface area contributed by atoms with Gasteiger partial charge in [0.25, 0.3) is 0 Å². The molecule has 1 heterocycles. The van der Waals surface area contributed by atoms with Crippen molar-refractivity contribution >= 4 is 12.1 Å². The molecule has 4 heteroatoms. The average molecular weight is 228 g/mol. The summed E-state index contributed by atoms with van der Waals surface area (Å²) in [5.74, 6) is -0.551. The molecule has 0 saturated heterocycles. The first-order chi connectivity index (χ1) is 8.24. The molecule has 2 aromatic rings. The molecule has 0 aliphatic carbocycles. The van der Waals surface area contributed by atoms with E-state index in [4.69, 9.17) is 0 Å². The molecule has 0 N–H and O–H groups in total. The van der Waals surface area contributed by atoms with Gasteiger partial charge in [-0.05, 0) is 18.6 Å². The van der Waals surface area contributed by atoms with E-state index in [-0.39, 0.29) is 6.04 Å². The molecular weight excluding hydrogens is 216 g/mol. The fourth-order valence-corrected chi connectivity index (χ4v) is 1.75. The molecule has 0 fully saturated rings. The Hall–Kier alpha value is -2.23. The van der Waals surface area contributed by atoms with Crippen molar-refractivity contribution in [1.29, 1.82) is 0 Å². The maximum absolute atomic E-state index is 11.4. The van der Waals surface area contributed by atoms with Crippen molar-refractivity contribution < 1.29 is 9.59 Å². The van der Waals surface area contributed by atoms with Crippen LogP contribution in [-0.2, 0) is 4.79 Å². The molecule has 4 nitrogen and oxygen atoms in total. The van der Waals surface area contributed by atoms with Crippen molar-refractivity contribution in [2.24, 2.45) is 0 Å². The minimum atomic E-state index is -0.551. The number of Topliss-reactive ketones (excluding diaryl/α,β-unsaturated/α-hetero) is 1. The standard InChI is InChI=1S/C13H12N2O2/c1-10(11-5-3-2-4-6-11)15-12(7-8-14-15)13(17)9-16/h2-10H,1H3/t10-/m1/s1. The third-order valence-corrected chi connectivity index (χ3v) is 2.68. The van der Waals surface area contributed by atoms with Gasteiger partial charge >= 0.3 is 0 Å². The van der Waals surface area contributed by atoms with Gasteiger partial charge in [0.2, 0.25) is 5.78 Å². The van der Waals surface area contributed by atoms with E-state index >= 15 is 0 Å². The van der Waals surface area contributed by atoms with Crippen LogP contribution in [0.4, 0.5) is 0 Å². The number of carbonyl (C=O) groups is 2. The number of ketones is 1. The van der Waals surface area contributed by atoms with E-state index in [0.29, 0.717) is 12.0 Å². The smallest absolute Gasteiger partial charge is 0.243 e. The van der Waals surface area contributed by atoms with E-state index in [0.717, 1.165) is 5.56 Å². The van der Waals surface area contributed by atoms with Crippen LogP contribution in [0.3, 0.4) is 0 Å². The van der Waals surface area contributed by atoms with Gasteiger partial charge in [-0.1, -0.05) is 30.3 Å². The number of hydrogen-bond donors (Lipinski definition) is 0. The summed E-state index contributed by atoms with van der Waals surface area (Å²) in [6, 6.07) is 11.2. The number of nitrogens with zero attached hydrogens (tertiary/aromatic N) is 2. The molecule has 1 aromatic carbocycles. The predicted octanol–water partition coefficient (Wildman–Crippen LogP) is 1.87. The van der Waals surface area contributed by atoms with E-state index in [1.807, 2.05) is 37.3 Å². The zero-order chi connectivity index (χ0) is 12.3. The lowest BCUT2D eigenvalue weighted by atomic mass is 10.1. The second-order valence-corrected chi connectivity index (χ2v) is 3.73. The summed E-state index contributed by atoms with van der Waals surface area (Å²) in [4.78, 5) is 21.9. The number of benzene rings is 1. The summed E-state index contributed by atoms with van der Waals surface area (Å²) in [6.07, 6.45) is 1.83. The molecule has 1 aromatic heterocycles. The van der Waals surface area contributed by atoms with E-state index in [1.54, 1.807) is 10.7 Å². The third-order valence-electron chi connectivity index (χ3n) is 2.68. The molecular formula is C13H12N2O2. The van der Waals surface area contributed by atoms with Crippen LogP contribution in [0, 0.1) is 0 Å². The maximum atomic E-state index is 11.4. The summed E-state index contributed by atoms with van der Waals surface area (Å²) in [5, 5.41) is 4.10. The van der Waals surface area contributed by atoms with Crippen molar-refractivity contribution in [3.63, 3.8) is 0 Å². The first kappa shape index (κ1) is 11.3. The topological polar surface area (TPSA) is 52.0 Å². The molecule has 86 valence electrons.